The Morgan fingerprint density at radius 1 is 1.67 bits per heavy atom. The normalized spacial score (nSPS) is 29.1. The Kier molecular flexibility index (Phi) is 1.68. The lowest BCUT2D eigenvalue weighted by Gasteiger charge is -2.21. The van der Waals surface area contributed by atoms with E-state index in [9.17, 15) is 0 Å². The van der Waals surface area contributed by atoms with Gasteiger partial charge in [-0.2, -0.15) is 5.01 Å². The number of thiol groups is 1. The van der Waals surface area contributed by atoms with Crippen LogP contribution in [0.15, 0.2) is 4.99 Å². The van der Waals surface area contributed by atoms with E-state index in [0.29, 0.717) is 0 Å². The summed E-state index contributed by atoms with van der Waals surface area (Å²) in [6.07, 6.45) is 0.238. The van der Waals surface area contributed by atoms with Gasteiger partial charge in [0.15, 0.2) is 0 Å². The van der Waals surface area contributed by atoms with Crippen LogP contribution in [-0.2, 0) is 0 Å². The van der Waals surface area contributed by atoms with Gasteiger partial charge in [0.05, 0.1) is 0 Å². The number of hydrazine groups is 1. The highest BCUT2D eigenvalue weighted by Gasteiger charge is 2.21. The zero-order valence-corrected chi connectivity index (χ0v) is 6.76. The first kappa shape index (κ1) is 6.89. The number of aliphatic imine (C=N–C) groups is 1. The summed E-state index contributed by atoms with van der Waals surface area (Å²) >= 11 is 4.17. The summed E-state index contributed by atoms with van der Waals surface area (Å²) in [6, 6.07) is 0. The summed E-state index contributed by atoms with van der Waals surface area (Å²) < 4.78 is 1.74. The van der Waals surface area contributed by atoms with E-state index >= 15 is 0 Å². The maximum atomic E-state index is 4.24. The molecule has 9 heavy (non-hydrogen) atoms. The van der Waals surface area contributed by atoms with Crippen molar-refractivity contribution >= 4 is 18.7 Å². The highest BCUT2D eigenvalue weighted by atomic mass is 32.1. The lowest BCUT2D eigenvalue weighted by atomic mass is 10.6. The molecule has 0 spiro atoms. The summed E-state index contributed by atoms with van der Waals surface area (Å²) in [6.45, 7) is 3.96. The molecule has 0 radical (unpaired) electrons. The van der Waals surface area contributed by atoms with Gasteiger partial charge in [0.25, 0.3) is 0 Å². The summed E-state index contributed by atoms with van der Waals surface area (Å²) in [5.41, 5.74) is 0. The van der Waals surface area contributed by atoms with Crippen LogP contribution in [0.5, 0.6) is 0 Å². The first-order valence-electron chi connectivity index (χ1n) is 2.89. The second-order valence-electron chi connectivity index (χ2n) is 2.17. The summed E-state index contributed by atoms with van der Waals surface area (Å²) in [5, 5.41) is 1.96. The maximum Gasteiger partial charge on any atom is 0.123 e. The molecule has 0 aromatic heterocycles. The molecule has 1 unspecified atom stereocenters. The average Bonchev–Trinajstić information content (AvgIpc) is 1.98. The van der Waals surface area contributed by atoms with Crippen LogP contribution in [0, 0.1) is 0 Å². The molecule has 0 amide bonds. The molecule has 0 aromatic carbocycles. The maximum absolute atomic E-state index is 4.24. The van der Waals surface area contributed by atoms with Crippen molar-refractivity contribution in [1.29, 1.82) is 0 Å². The Morgan fingerprint density at radius 3 is 2.33 bits per heavy atom. The lowest BCUT2D eigenvalue weighted by molar-refractivity contribution is 0.160. The molecule has 0 aromatic rings. The van der Waals surface area contributed by atoms with E-state index in [4.69, 9.17) is 0 Å². The molecule has 0 aliphatic carbocycles. The zero-order valence-electron chi connectivity index (χ0n) is 5.87. The Morgan fingerprint density at radius 2 is 2.22 bits per heavy atom. The Balaban J connectivity index is 2.70. The van der Waals surface area contributed by atoms with Crippen LogP contribution >= 0.6 is 12.8 Å². The van der Waals surface area contributed by atoms with Crippen LogP contribution in [-0.4, -0.2) is 28.5 Å². The SMILES string of the molecule is CC1=NC(C)N(C)N1S. The smallest absolute Gasteiger partial charge is 0.123 e. The average molecular weight is 145 g/mol. The number of nitrogens with zero attached hydrogens (tertiary/aromatic N) is 3. The summed E-state index contributed by atoms with van der Waals surface area (Å²) in [4.78, 5) is 4.24. The number of rotatable bonds is 0. The number of hydrogen-bond donors (Lipinski definition) is 1. The third-order valence-electron chi connectivity index (χ3n) is 1.50. The molecule has 0 fully saturated rings. The molecule has 0 saturated heterocycles. The first-order chi connectivity index (χ1) is 4.13. The van der Waals surface area contributed by atoms with Gasteiger partial charge in [-0.05, 0) is 26.7 Å². The van der Waals surface area contributed by atoms with Crippen LogP contribution in [0.3, 0.4) is 0 Å². The van der Waals surface area contributed by atoms with E-state index in [1.165, 1.54) is 0 Å². The molecule has 1 heterocycles. The lowest BCUT2D eigenvalue weighted by Crippen LogP contribution is -2.33. The number of hydrogen-bond acceptors (Lipinski definition) is 4. The van der Waals surface area contributed by atoms with Gasteiger partial charge in [-0.15, -0.1) is 0 Å². The standard InChI is InChI=1S/C5H11N3S/c1-4-6-5(2)8(9)7(4)3/h4,9H,1-3H3. The van der Waals surface area contributed by atoms with Gasteiger partial charge in [0, 0.05) is 7.05 Å². The van der Waals surface area contributed by atoms with Crippen molar-refractivity contribution in [3.05, 3.63) is 0 Å². The van der Waals surface area contributed by atoms with Crippen LogP contribution in [0.1, 0.15) is 13.8 Å². The molecule has 1 rings (SSSR count). The molecule has 0 saturated carbocycles. The van der Waals surface area contributed by atoms with Crippen molar-refractivity contribution in [2.24, 2.45) is 4.99 Å². The number of amidine groups is 1. The predicted molar refractivity (Wildman–Crippen MR) is 41.2 cm³/mol. The van der Waals surface area contributed by atoms with E-state index in [-0.39, 0.29) is 6.17 Å². The first-order valence-corrected chi connectivity index (χ1v) is 3.29. The van der Waals surface area contributed by atoms with Crippen molar-refractivity contribution in [2.45, 2.75) is 20.0 Å². The molecule has 1 aliphatic rings. The third-order valence-corrected chi connectivity index (χ3v) is 2.07. The van der Waals surface area contributed by atoms with Crippen molar-refractivity contribution < 1.29 is 0 Å². The Bertz CT molecular complexity index is 145. The molecule has 4 heteroatoms. The van der Waals surface area contributed by atoms with E-state index in [0.717, 1.165) is 5.84 Å². The van der Waals surface area contributed by atoms with Crippen LogP contribution < -0.4 is 0 Å². The van der Waals surface area contributed by atoms with E-state index < -0.39 is 0 Å². The highest BCUT2D eigenvalue weighted by Crippen LogP contribution is 2.14. The summed E-state index contributed by atoms with van der Waals surface area (Å²) in [5.74, 6) is 0.952. The predicted octanol–water partition coefficient (Wildman–Crippen LogP) is 0.758. The minimum atomic E-state index is 0.238. The Labute approximate surface area is 60.9 Å². The van der Waals surface area contributed by atoms with Gasteiger partial charge in [0.1, 0.15) is 12.0 Å². The molecule has 1 atom stereocenters. The topological polar surface area (TPSA) is 18.8 Å². The molecule has 1 aliphatic heterocycles. The fourth-order valence-electron chi connectivity index (χ4n) is 0.792. The largest absolute Gasteiger partial charge is 0.250 e. The second-order valence-corrected chi connectivity index (χ2v) is 2.55. The van der Waals surface area contributed by atoms with Crippen LogP contribution in [0.2, 0.25) is 0 Å². The van der Waals surface area contributed by atoms with Gasteiger partial charge in [0.2, 0.25) is 0 Å². The molecule has 52 valence electrons. The summed E-state index contributed by atoms with van der Waals surface area (Å²) in [7, 11) is 1.96. The fourth-order valence-corrected chi connectivity index (χ4v) is 0.993. The third kappa shape index (κ3) is 1.04. The molecule has 0 bridgehead atoms. The monoisotopic (exact) mass is 145 g/mol. The molecule has 3 nitrogen and oxygen atoms in total. The van der Waals surface area contributed by atoms with Gasteiger partial charge >= 0.3 is 0 Å². The molecular weight excluding hydrogens is 134 g/mol. The zero-order chi connectivity index (χ0) is 7.02. The van der Waals surface area contributed by atoms with Gasteiger partial charge in [-0.3, -0.25) is 4.99 Å². The van der Waals surface area contributed by atoms with E-state index in [1.54, 1.807) is 4.41 Å². The van der Waals surface area contributed by atoms with Gasteiger partial charge in [-0.1, -0.05) is 0 Å². The second kappa shape index (κ2) is 2.19. The quantitative estimate of drug-likeness (QED) is 0.507. The van der Waals surface area contributed by atoms with E-state index in [2.05, 4.69) is 17.8 Å². The minimum Gasteiger partial charge on any atom is -0.250 e. The van der Waals surface area contributed by atoms with Crippen molar-refractivity contribution in [3.8, 4) is 0 Å². The van der Waals surface area contributed by atoms with Crippen molar-refractivity contribution in [2.75, 3.05) is 7.05 Å². The van der Waals surface area contributed by atoms with Crippen LogP contribution in [0.25, 0.3) is 0 Å². The van der Waals surface area contributed by atoms with Gasteiger partial charge in [-0.25, -0.2) is 4.41 Å². The van der Waals surface area contributed by atoms with Crippen LogP contribution in [0.4, 0.5) is 0 Å². The fraction of sp³-hybridized carbons (Fsp3) is 0.800. The van der Waals surface area contributed by atoms with Gasteiger partial charge < -0.3 is 0 Å². The highest BCUT2D eigenvalue weighted by molar-refractivity contribution is 7.78. The van der Waals surface area contributed by atoms with Crippen molar-refractivity contribution in [1.82, 2.24) is 9.42 Å². The van der Waals surface area contributed by atoms with Crippen molar-refractivity contribution in [3.63, 3.8) is 0 Å². The molecular formula is C5H11N3S. The van der Waals surface area contributed by atoms with E-state index in [1.807, 2.05) is 25.9 Å². The Hall–Kier alpha value is -0.220. The molecule has 0 N–H and O–H groups in total. The minimum absolute atomic E-state index is 0.238.